The number of aliphatic hydroxyl groups is 2. The Bertz CT molecular complexity index is 432. The molecule has 18 heavy (non-hydrogen) atoms. The summed E-state index contributed by atoms with van der Waals surface area (Å²) in [7, 11) is 1.21. The molecule has 0 aliphatic rings. The van der Waals surface area contributed by atoms with Gasteiger partial charge in [0, 0.05) is 0 Å². The molecule has 100 valence electrons. The van der Waals surface area contributed by atoms with Crippen molar-refractivity contribution < 1.29 is 29.3 Å². The monoisotopic (exact) mass is 275 g/mol. The normalized spacial score (nSPS) is 13.8. The van der Waals surface area contributed by atoms with Gasteiger partial charge in [0.15, 0.2) is 6.10 Å². The highest BCUT2D eigenvalue weighted by molar-refractivity contribution is 7.13. The Morgan fingerprint density at radius 1 is 1.50 bits per heavy atom. The summed E-state index contributed by atoms with van der Waals surface area (Å²) >= 11 is 0.834. The molecule has 0 amide bonds. The highest BCUT2D eigenvalue weighted by Crippen LogP contribution is 2.23. The molecule has 0 radical (unpaired) electrons. The molecule has 0 bridgehead atoms. The van der Waals surface area contributed by atoms with Crippen molar-refractivity contribution in [1.82, 2.24) is 4.98 Å². The number of ether oxygens (including phenoxy) is 2. The second kappa shape index (κ2) is 6.43. The van der Waals surface area contributed by atoms with Gasteiger partial charge in [-0.15, -0.1) is 11.3 Å². The third kappa shape index (κ3) is 3.25. The molecule has 8 heteroatoms. The van der Waals surface area contributed by atoms with Crippen LogP contribution in [0.15, 0.2) is 6.20 Å². The lowest BCUT2D eigenvalue weighted by atomic mass is 10.2. The lowest BCUT2D eigenvalue weighted by Crippen LogP contribution is -2.29. The number of hydrogen-bond donors (Lipinski definition) is 2. The van der Waals surface area contributed by atoms with Gasteiger partial charge in [-0.3, -0.25) is 0 Å². The van der Waals surface area contributed by atoms with Crippen LogP contribution in [-0.4, -0.2) is 47.0 Å². The van der Waals surface area contributed by atoms with Crippen LogP contribution < -0.4 is 0 Å². The van der Waals surface area contributed by atoms with Gasteiger partial charge < -0.3 is 19.7 Å². The summed E-state index contributed by atoms with van der Waals surface area (Å²) in [6, 6.07) is 0. The van der Waals surface area contributed by atoms with E-state index in [0.29, 0.717) is 0 Å². The average molecular weight is 275 g/mol. The van der Waals surface area contributed by atoms with E-state index in [1.165, 1.54) is 13.3 Å². The zero-order valence-electron chi connectivity index (χ0n) is 9.82. The van der Waals surface area contributed by atoms with E-state index in [1.54, 1.807) is 6.92 Å². The zero-order valence-corrected chi connectivity index (χ0v) is 10.6. The minimum Gasteiger partial charge on any atom is -0.465 e. The van der Waals surface area contributed by atoms with Crippen LogP contribution in [0.25, 0.3) is 0 Å². The second-order valence-corrected chi connectivity index (χ2v) is 4.26. The van der Waals surface area contributed by atoms with Crippen LogP contribution in [0.5, 0.6) is 0 Å². The first-order chi connectivity index (χ1) is 8.51. The van der Waals surface area contributed by atoms with E-state index < -0.39 is 24.1 Å². The molecule has 2 atom stereocenters. The Hall–Kier alpha value is -1.51. The Morgan fingerprint density at radius 2 is 2.17 bits per heavy atom. The average Bonchev–Trinajstić information content (AvgIpc) is 2.85. The maximum absolute atomic E-state index is 11.2. The van der Waals surface area contributed by atoms with Gasteiger partial charge in [0.1, 0.15) is 16.0 Å². The molecule has 0 saturated heterocycles. The number of aromatic nitrogens is 1. The molecule has 0 aliphatic carbocycles. The van der Waals surface area contributed by atoms with E-state index in [1.807, 2.05) is 0 Å². The van der Waals surface area contributed by atoms with E-state index >= 15 is 0 Å². The minimum atomic E-state index is -1.73. The molecule has 2 unspecified atom stereocenters. The summed E-state index contributed by atoms with van der Waals surface area (Å²) in [5.74, 6) is -1.55. The van der Waals surface area contributed by atoms with Crippen LogP contribution in [0.4, 0.5) is 0 Å². The first-order valence-electron chi connectivity index (χ1n) is 5.08. The van der Waals surface area contributed by atoms with Gasteiger partial charge in [-0.05, 0) is 6.92 Å². The largest absolute Gasteiger partial charge is 0.465 e. The Kier molecular flexibility index (Phi) is 5.20. The molecule has 1 aromatic rings. The number of carbonyl (C=O) groups excluding carboxylic acids is 2. The smallest absolute Gasteiger partial charge is 0.349 e. The topological polar surface area (TPSA) is 106 Å². The minimum absolute atomic E-state index is 0.0379. The maximum atomic E-state index is 11.2. The first-order valence-corrected chi connectivity index (χ1v) is 5.89. The number of nitrogens with zero attached hydrogens (tertiary/aromatic N) is 1. The lowest BCUT2D eigenvalue weighted by molar-refractivity contribution is -0.159. The number of aliphatic hydroxyl groups excluding tert-OH is 2. The highest BCUT2D eigenvalue weighted by Gasteiger charge is 2.29. The zero-order chi connectivity index (χ0) is 13.7. The molecule has 2 N–H and O–H groups in total. The molecule has 1 aromatic heterocycles. The van der Waals surface area contributed by atoms with E-state index in [4.69, 9.17) is 0 Å². The van der Waals surface area contributed by atoms with Crippen molar-refractivity contribution >= 4 is 23.3 Å². The van der Waals surface area contributed by atoms with E-state index in [0.717, 1.165) is 11.3 Å². The Morgan fingerprint density at radius 3 is 2.72 bits per heavy atom. The van der Waals surface area contributed by atoms with Gasteiger partial charge in [0.05, 0.1) is 19.9 Å². The summed E-state index contributed by atoms with van der Waals surface area (Å²) in [6.45, 7) is 1.67. The van der Waals surface area contributed by atoms with Crippen LogP contribution >= 0.6 is 11.3 Å². The highest BCUT2D eigenvalue weighted by atomic mass is 32.1. The lowest BCUT2D eigenvalue weighted by Gasteiger charge is -2.13. The van der Waals surface area contributed by atoms with Crippen LogP contribution in [-0.2, 0) is 14.3 Å². The van der Waals surface area contributed by atoms with Gasteiger partial charge in [0.25, 0.3) is 0 Å². The molecule has 0 saturated carbocycles. The molecule has 7 nitrogen and oxygen atoms in total. The summed E-state index contributed by atoms with van der Waals surface area (Å²) < 4.78 is 9.03. The summed E-state index contributed by atoms with van der Waals surface area (Å²) in [5, 5.41) is 19.2. The molecule has 1 heterocycles. The standard InChI is InChI=1S/C10H13NO6S/c1-3-17-10(15)7(13)6(12)8-11-4-5(18-8)9(14)16-2/h4,6-7,12-13H,3H2,1-2H3. The van der Waals surface area contributed by atoms with Gasteiger partial charge in [-0.1, -0.05) is 0 Å². The van der Waals surface area contributed by atoms with Crippen LogP contribution in [0, 0.1) is 0 Å². The molecule has 0 fully saturated rings. The fourth-order valence-electron chi connectivity index (χ4n) is 1.11. The maximum Gasteiger partial charge on any atom is 0.349 e. The van der Waals surface area contributed by atoms with Crippen molar-refractivity contribution in [2.24, 2.45) is 0 Å². The number of rotatable bonds is 5. The van der Waals surface area contributed by atoms with Gasteiger partial charge >= 0.3 is 11.9 Å². The summed E-state index contributed by atoms with van der Waals surface area (Å²) in [4.78, 5) is 26.3. The Balaban J connectivity index is 2.77. The van der Waals surface area contributed by atoms with E-state index in [2.05, 4.69) is 14.5 Å². The van der Waals surface area contributed by atoms with Crippen LogP contribution in [0.1, 0.15) is 27.7 Å². The predicted octanol–water partition coefficient (Wildman–Crippen LogP) is -0.113. The summed E-state index contributed by atoms with van der Waals surface area (Å²) in [5.41, 5.74) is 0. The van der Waals surface area contributed by atoms with Crippen LogP contribution in [0.2, 0.25) is 0 Å². The van der Waals surface area contributed by atoms with Crippen molar-refractivity contribution in [2.75, 3.05) is 13.7 Å². The fraction of sp³-hybridized carbons (Fsp3) is 0.500. The van der Waals surface area contributed by atoms with Crippen molar-refractivity contribution in [2.45, 2.75) is 19.1 Å². The third-order valence-corrected chi connectivity index (χ3v) is 3.04. The number of methoxy groups -OCH3 is 1. The summed E-state index contributed by atoms with van der Waals surface area (Å²) in [6.07, 6.45) is -2.07. The quantitative estimate of drug-likeness (QED) is 0.722. The SMILES string of the molecule is CCOC(=O)C(O)C(O)c1ncc(C(=O)OC)s1. The number of thiazole rings is 1. The predicted molar refractivity (Wildman–Crippen MR) is 61.1 cm³/mol. The fourth-order valence-corrected chi connectivity index (χ4v) is 1.96. The van der Waals surface area contributed by atoms with E-state index in [9.17, 15) is 19.8 Å². The van der Waals surface area contributed by atoms with Crippen LogP contribution in [0.3, 0.4) is 0 Å². The Labute approximate surface area is 107 Å². The number of hydrogen-bond acceptors (Lipinski definition) is 8. The second-order valence-electron chi connectivity index (χ2n) is 3.20. The number of esters is 2. The molecule has 0 spiro atoms. The molecule has 1 rings (SSSR count). The van der Waals surface area contributed by atoms with Crippen molar-refractivity contribution in [3.05, 3.63) is 16.1 Å². The van der Waals surface area contributed by atoms with E-state index in [-0.39, 0.29) is 16.5 Å². The van der Waals surface area contributed by atoms with Crippen molar-refractivity contribution in [3.63, 3.8) is 0 Å². The van der Waals surface area contributed by atoms with Crippen molar-refractivity contribution in [1.29, 1.82) is 0 Å². The van der Waals surface area contributed by atoms with Crippen molar-refractivity contribution in [3.8, 4) is 0 Å². The number of carbonyl (C=O) groups is 2. The molecular weight excluding hydrogens is 262 g/mol. The third-order valence-electron chi connectivity index (χ3n) is 1.99. The molecular formula is C10H13NO6S. The molecule has 0 aliphatic heterocycles. The van der Waals surface area contributed by atoms with Gasteiger partial charge in [-0.25, -0.2) is 14.6 Å². The first kappa shape index (κ1) is 14.6. The molecule has 0 aromatic carbocycles. The van der Waals surface area contributed by atoms with Gasteiger partial charge in [0.2, 0.25) is 0 Å². The van der Waals surface area contributed by atoms with Gasteiger partial charge in [-0.2, -0.15) is 0 Å².